The van der Waals surface area contributed by atoms with Gasteiger partial charge in [0.25, 0.3) is 0 Å². The first kappa shape index (κ1) is 97.3. The fourth-order valence-electron chi connectivity index (χ4n) is 11.8. The number of phosphoric acid groups is 2. The Morgan fingerprint density at radius 2 is 0.490 bits per heavy atom. The van der Waals surface area contributed by atoms with Crippen molar-refractivity contribution in [2.75, 3.05) is 39.6 Å². The second kappa shape index (κ2) is 74.5. The van der Waals surface area contributed by atoms with Crippen LogP contribution in [0.2, 0.25) is 0 Å². The molecule has 0 amide bonds. The van der Waals surface area contributed by atoms with E-state index in [4.69, 9.17) is 37.0 Å². The monoisotopic (exact) mass is 1460 g/mol. The van der Waals surface area contributed by atoms with Gasteiger partial charge in [0.15, 0.2) is 12.2 Å². The molecule has 0 radical (unpaired) electrons. The third kappa shape index (κ3) is 73.6. The number of aliphatic hydroxyl groups excluding tert-OH is 1. The number of hydrogen-bond donors (Lipinski definition) is 3. The van der Waals surface area contributed by atoms with Crippen LogP contribution in [0.5, 0.6) is 0 Å². The van der Waals surface area contributed by atoms with Crippen molar-refractivity contribution in [1.82, 2.24) is 0 Å². The Morgan fingerprint density at radius 1 is 0.280 bits per heavy atom. The molecule has 2 unspecified atom stereocenters. The fourth-order valence-corrected chi connectivity index (χ4v) is 13.4. The van der Waals surface area contributed by atoms with E-state index in [9.17, 15) is 43.2 Å². The predicted molar refractivity (Wildman–Crippen MR) is 409 cm³/mol. The minimum atomic E-state index is -4.97. The summed E-state index contributed by atoms with van der Waals surface area (Å²) in [5.41, 5.74) is 0. The van der Waals surface area contributed by atoms with Crippen LogP contribution in [0.25, 0.3) is 0 Å². The highest BCUT2D eigenvalue weighted by molar-refractivity contribution is 7.47. The molecule has 0 aromatic rings. The Labute approximate surface area is 611 Å². The lowest BCUT2D eigenvalue weighted by Gasteiger charge is -2.21. The molecule has 0 aliphatic carbocycles. The second-order valence-corrected chi connectivity index (χ2v) is 31.0. The third-order valence-corrected chi connectivity index (χ3v) is 20.0. The molecule has 0 saturated carbocycles. The average Bonchev–Trinajstić information content (AvgIpc) is 1.11. The van der Waals surface area contributed by atoms with Gasteiger partial charge in [0.2, 0.25) is 0 Å². The van der Waals surface area contributed by atoms with E-state index in [1.807, 2.05) is 0 Å². The van der Waals surface area contributed by atoms with Crippen LogP contribution >= 0.6 is 15.6 Å². The topological polar surface area (TPSA) is 237 Å². The molecule has 0 fully saturated rings. The molecular formula is C81H152O17P2. The first-order chi connectivity index (χ1) is 48.7. The van der Waals surface area contributed by atoms with Gasteiger partial charge in [0.05, 0.1) is 26.4 Å². The van der Waals surface area contributed by atoms with Crippen LogP contribution in [0.15, 0.2) is 36.5 Å². The number of carbonyl (C=O) groups excluding carboxylic acids is 4. The Hall–Kier alpha value is -2.72. The van der Waals surface area contributed by atoms with Gasteiger partial charge < -0.3 is 33.8 Å². The van der Waals surface area contributed by atoms with Crippen molar-refractivity contribution >= 4 is 39.5 Å². The van der Waals surface area contributed by atoms with Crippen molar-refractivity contribution in [3.8, 4) is 0 Å². The maximum Gasteiger partial charge on any atom is 0.472 e. The molecule has 100 heavy (non-hydrogen) atoms. The molecular weight excluding hydrogens is 1310 g/mol. The molecule has 3 N–H and O–H groups in total. The summed E-state index contributed by atoms with van der Waals surface area (Å²) in [6, 6.07) is 0. The van der Waals surface area contributed by atoms with Crippen LogP contribution in [0.4, 0.5) is 0 Å². The average molecular weight is 1460 g/mol. The Bertz CT molecular complexity index is 2040. The zero-order valence-electron chi connectivity index (χ0n) is 64.4. The molecule has 0 spiro atoms. The van der Waals surface area contributed by atoms with Gasteiger partial charge in [0.1, 0.15) is 19.3 Å². The summed E-state index contributed by atoms with van der Waals surface area (Å²) in [6.07, 6.45) is 71.1. The van der Waals surface area contributed by atoms with Gasteiger partial charge in [-0.1, -0.05) is 327 Å². The molecule has 0 aliphatic rings. The Balaban J connectivity index is 5.31. The molecule has 19 heteroatoms. The molecule has 0 heterocycles. The van der Waals surface area contributed by atoms with Crippen LogP contribution in [0, 0.1) is 0 Å². The van der Waals surface area contributed by atoms with E-state index >= 15 is 0 Å². The second-order valence-electron chi connectivity index (χ2n) is 28.1. The highest BCUT2D eigenvalue weighted by Gasteiger charge is 2.30. The number of rotatable bonds is 79. The van der Waals surface area contributed by atoms with Crippen LogP contribution < -0.4 is 0 Å². The fraction of sp³-hybridized carbons (Fsp3) is 0.877. The third-order valence-electron chi connectivity index (χ3n) is 18.1. The minimum absolute atomic E-state index is 0.0882. The molecule has 0 saturated heterocycles. The van der Waals surface area contributed by atoms with E-state index in [2.05, 4.69) is 64.2 Å². The van der Waals surface area contributed by atoms with Gasteiger partial charge in [-0.3, -0.25) is 37.3 Å². The van der Waals surface area contributed by atoms with Gasteiger partial charge in [0, 0.05) is 25.7 Å². The lowest BCUT2D eigenvalue weighted by molar-refractivity contribution is -0.161. The summed E-state index contributed by atoms with van der Waals surface area (Å²) < 4.78 is 68.7. The smallest absolute Gasteiger partial charge is 0.462 e. The zero-order chi connectivity index (χ0) is 73.2. The summed E-state index contributed by atoms with van der Waals surface area (Å²) in [6.45, 7) is 4.93. The van der Waals surface area contributed by atoms with Crippen LogP contribution in [-0.2, 0) is 65.4 Å². The number of ether oxygens (including phenoxy) is 4. The zero-order valence-corrected chi connectivity index (χ0v) is 66.2. The summed E-state index contributed by atoms with van der Waals surface area (Å²) in [5.74, 6) is -2.15. The van der Waals surface area contributed by atoms with Crippen molar-refractivity contribution in [2.24, 2.45) is 0 Å². The molecule has 0 aromatic heterocycles. The molecule has 0 rings (SSSR count). The Morgan fingerprint density at radius 3 is 0.770 bits per heavy atom. The van der Waals surface area contributed by atoms with Gasteiger partial charge in [-0.2, -0.15) is 0 Å². The first-order valence-electron chi connectivity index (χ1n) is 41.2. The standard InChI is InChI=1S/C81H152O17P2/c1-5-9-13-17-21-25-29-33-36-37-40-44-48-52-56-60-64-68-81(86)98-76(71-91-78(83)65-61-57-53-49-45-41-32-28-24-20-16-12-8-4)73-95-99(87,88)93-69-75(82)70-94-100(89,90)96-74-77(97-80(85)67-63-59-55-51-47-43-39-35-31-27-23-19-15-11-7-3)72-92-79(84)66-62-58-54-50-46-42-38-34-30-26-22-18-14-10-6-2/h22,26,34-35,38-39,75-77,82H,5-21,23-25,27-33,36-37,40-74H2,1-4H3,(H,87,88)(H,89,90)/b26-22-,38-34-,39-35-/t75-,76-,77-/m1/s1. The minimum Gasteiger partial charge on any atom is -0.462 e. The quantitative estimate of drug-likeness (QED) is 0.0169. The van der Waals surface area contributed by atoms with Crippen molar-refractivity contribution in [2.45, 2.75) is 418 Å². The van der Waals surface area contributed by atoms with E-state index in [1.165, 1.54) is 193 Å². The van der Waals surface area contributed by atoms with Crippen molar-refractivity contribution in [1.29, 1.82) is 0 Å². The van der Waals surface area contributed by atoms with Crippen molar-refractivity contribution in [3.63, 3.8) is 0 Å². The summed E-state index contributed by atoms with van der Waals surface area (Å²) in [4.78, 5) is 73.0. The van der Waals surface area contributed by atoms with Crippen LogP contribution in [0.1, 0.15) is 400 Å². The maximum absolute atomic E-state index is 13.1. The molecule has 17 nitrogen and oxygen atoms in total. The van der Waals surface area contributed by atoms with Gasteiger partial charge in [-0.25, -0.2) is 9.13 Å². The van der Waals surface area contributed by atoms with E-state index in [1.54, 1.807) is 0 Å². The van der Waals surface area contributed by atoms with E-state index in [0.717, 1.165) is 128 Å². The summed E-state index contributed by atoms with van der Waals surface area (Å²) >= 11 is 0. The van der Waals surface area contributed by atoms with E-state index in [-0.39, 0.29) is 25.7 Å². The predicted octanol–water partition coefficient (Wildman–Crippen LogP) is 23.9. The van der Waals surface area contributed by atoms with E-state index < -0.39 is 97.5 Å². The SMILES string of the molecule is CCCCC/C=C\C/C=C\CCCCCCCC(=O)OC[C@H](COP(=O)(O)OC[C@H](O)COP(=O)(O)OC[C@@H](COC(=O)CCCCCCCCCCCCCCC)OC(=O)CCCCCCCCCCCCCCCCCCC)OC(=O)CCCCCCC/C=C\CCCCCCCC. The summed E-state index contributed by atoms with van der Waals surface area (Å²) in [5, 5.41) is 10.6. The van der Waals surface area contributed by atoms with Crippen LogP contribution in [-0.4, -0.2) is 96.7 Å². The normalized spacial score (nSPS) is 14.0. The van der Waals surface area contributed by atoms with Gasteiger partial charge >= 0.3 is 39.5 Å². The summed E-state index contributed by atoms with van der Waals surface area (Å²) in [7, 11) is -9.94. The number of phosphoric ester groups is 2. The first-order valence-corrected chi connectivity index (χ1v) is 44.2. The Kier molecular flexibility index (Phi) is 72.5. The number of aliphatic hydroxyl groups is 1. The lowest BCUT2D eigenvalue weighted by Crippen LogP contribution is -2.30. The van der Waals surface area contributed by atoms with Gasteiger partial charge in [-0.15, -0.1) is 0 Å². The van der Waals surface area contributed by atoms with Gasteiger partial charge in [-0.05, 0) is 83.5 Å². The number of esters is 4. The van der Waals surface area contributed by atoms with Crippen molar-refractivity contribution in [3.05, 3.63) is 36.5 Å². The van der Waals surface area contributed by atoms with Crippen molar-refractivity contribution < 1.29 is 80.2 Å². The van der Waals surface area contributed by atoms with Crippen LogP contribution in [0.3, 0.4) is 0 Å². The maximum atomic E-state index is 13.1. The molecule has 0 bridgehead atoms. The largest absolute Gasteiger partial charge is 0.472 e. The lowest BCUT2D eigenvalue weighted by atomic mass is 10.0. The molecule has 5 atom stereocenters. The number of hydrogen-bond acceptors (Lipinski definition) is 15. The number of allylic oxidation sites excluding steroid dienone is 6. The highest BCUT2D eigenvalue weighted by atomic mass is 31.2. The molecule has 588 valence electrons. The number of unbranched alkanes of at least 4 members (excludes halogenated alkanes) is 47. The number of carbonyl (C=O) groups is 4. The molecule has 0 aliphatic heterocycles. The highest BCUT2D eigenvalue weighted by Crippen LogP contribution is 2.45. The van der Waals surface area contributed by atoms with E-state index in [0.29, 0.717) is 25.7 Å². The molecule has 0 aromatic carbocycles.